The van der Waals surface area contributed by atoms with Gasteiger partial charge in [-0.2, -0.15) is 0 Å². The fraction of sp³-hybridized carbons (Fsp3) is 0.571. The van der Waals surface area contributed by atoms with Gasteiger partial charge >= 0.3 is 5.97 Å². The van der Waals surface area contributed by atoms with Crippen LogP contribution in [0.4, 0.5) is 0 Å². The van der Waals surface area contributed by atoms with Crippen molar-refractivity contribution in [1.29, 1.82) is 0 Å². The van der Waals surface area contributed by atoms with Crippen LogP contribution in [0.2, 0.25) is 0 Å². The Morgan fingerprint density at radius 1 is 1.19 bits per heavy atom. The minimum absolute atomic E-state index is 0.0778. The van der Waals surface area contributed by atoms with Gasteiger partial charge in [-0.3, -0.25) is 9.59 Å². The van der Waals surface area contributed by atoms with Crippen molar-refractivity contribution in [1.82, 2.24) is 4.90 Å². The zero-order chi connectivity index (χ0) is 20.0. The van der Waals surface area contributed by atoms with Crippen molar-refractivity contribution in [2.24, 2.45) is 11.3 Å². The van der Waals surface area contributed by atoms with Gasteiger partial charge in [-0.15, -0.1) is 11.8 Å². The Hall–Kier alpha value is -1.82. The molecule has 2 fully saturated rings. The lowest BCUT2D eigenvalue weighted by Gasteiger charge is -2.44. The molecule has 0 unspecified atom stereocenters. The van der Waals surface area contributed by atoms with Gasteiger partial charge in [-0.1, -0.05) is 51.1 Å². The highest BCUT2D eigenvalue weighted by Crippen LogP contribution is 2.54. The first-order valence-electron chi connectivity index (χ1n) is 9.26. The zero-order valence-corrected chi connectivity index (χ0v) is 17.3. The molecule has 2 aliphatic rings. The summed E-state index contributed by atoms with van der Waals surface area (Å²) in [6.45, 7) is 9.71. The molecule has 1 aromatic rings. The van der Waals surface area contributed by atoms with E-state index in [-0.39, 0.29) is 42.0 Å². The summed E-state index contributed by atoms with van der Waals surface area (Å²) < 4.78 is 5.06. The van der Waals surface area contributed by atoms with Gasteiger partial charge in [-0.05, 0) is 19.4 Å². The van der Waals surface area contributed by atoms with E-state index in [2.05, 4.69) is 0 Å². The van der Waals surface area contributed by atoms with Gasteiger partial charge in [0.15, 0.2) is 0 Å². The molecular weight excluding hydrogens is 362 g/mol. The van der Waals surface area contributed by atoms with Crippen molar-refractivity contribution in [2.45, 2.75) is 63.8 Å². The minimum Gasteiger partial charge on any atom is -0.459 e. The standard InChI is InChI=1S/C21H27NO4S/c1-20(2,3)15(23)11-14-17(24)22-16(21(4,5)27-18(14)22)19(25)26-12-13-9-7-6-8-10-13/h6-10,14,16,18H,11-12H2,1-5H3/t14-,16+,18-/m1/s1. The molecule has 2 aliphatic heterocycles. The van der Waals surface area contributed by atoms with Gasteiger partial charge in [0.2, 0.25) is 5.91 Å². The maximum atomic E-state index is 12.8. The molecule has 0 N–H and O–H groups in total. The largest absolute Gasteiger partial charge is 0.459 e. The van der Waals surface area contributed by atoms with E-state index in [1.54, 1.807) is 16.7 Å². The van der Waals surface area contributed by atoms with Crippen LogP contribution >= 0.6 is 11.8 Å². The number of benzene rings is 1. The van der Waals surface area contributed by atoms with Crippen molar-refractivity contribution in [3.8, 4) is 0 Å². The van der Waals surface area contributed by atoms with Crippen LogP contribution in [0.5, 0.6) is 0 Å². The Morgan fingerprint density at radius 3 is 2.41 bits per heavy atom. The third-order valence-electron chi connectivity index (χ3n) is 5.24. The molecule has 6 heteroatoms. The molecule has 1 aromatic carbocycles. The number of Topliss-reactive ketones (excluding diaryl/α,β-unsaturated/α-hetero) is 1. The van der Waals surface area contributed by atoms with E-state index < -0.39 is 16.2 Å². The van der Waals surface area contributed by atoms with Gasteiger partial charge < -0.3 is 9.64 Å². The maximum absolute atomic E-state index is 12.8. The molecule has 2 heterocycles. The highest BCUT2D eigenvalue weighted by molar-refractivity contribution is 8.01. The van der Waals surface area contributed by atoms with Crippen molar-refractivity contribution >= 4 is 29.4 Å². The number of ketones is 1. The fourth-order valence-corrected chi connectivity index (χ4v) is 5.25. The van der Waals surface area contributed by atoms with E-state index in [1.165, 1.54) is 0 Å². The predicted molar refractivity (Wildman–Crippen MR) is 105 cm³/mol. The number of β-lactam (4-membered cyclic amide) rings is 1. The quantitative estimate of drug-likeness (QED) is 0.570. The van der Waals surface area contributed by atoms with E-state index >= 15 is 0 Å². The molecule has 3 atom stereocenters. The normalized spacial score (nSPS) is 26.3. The maximum Gasteiger partial charge on any atom is 0.330 e. The lowest BCUT2D eigenvalue weighted by molar-refractivity contribution is -0.168. The number of hydrogen-bond acceptors (Lipinski definition) is 5. The SMILES string of the molecule is CC(C)(C)C(=O)C[C@@H]1C(=O)N2[C@@H]1SC(C)(C)[C@@H]2C(=O)OCc1ccccc1. The topological polar surface area (TPSA) is 63.7 Å². The molecule has 0 spiro atoms. The molecule has 2 saturated heterocycles. The molecule has 5 nitrogen and oxygen atoms in total. The summed E-state index contributed by atoms with van der Waals surface area (Å²) in [6.07, 6.45) is 0.234. The van der Waals surface area contributed by atoms with Crippen LogP contribution in [0.1, 0.15) is 46.6 Å². The molecular formula is C21H27NO4S. The predicted octanol–water partition coefficient (Wildman–Crippen LogP) is 3.41. The van der Waals surface area contributed by atoms with Gasteiger partial charge in [0.1, 0.15) is 18.4 Å². The second kappa shape index (κ2) is 6.97. The number of nitrogens with zero attached hydrogens (tertiary/aromatic N) is 1. The van der Waals surface area contributed by atoms with E-state index in [0.29, 0.717) is 0 Å². The van der Waals surface area contributed by atoms with Gasteiger partial charge in [0.05, 0.1) is 11.3 Å². The molecule has 0 bridgehead atoms. The number of ether oxygens (including phenoxy) is 1. The van der Waals surface area contributed by atoms with Crippen LogP contribution in [0.15, 0.2) is 30.3 Å². The second-order valence-electron chi connectivity index (χ2n) is 8.84. The molecule has 146 valence electrons. The second-order valence-corrected chi connectivity index (χ2v) is 10.6. The first kappa shape index (κ1) is 19.9. The average molecular weight is 390 g/mol. The van der Waals surface area contributed by atoms with Crippen LogP contribution in [0, 0.1) is 11.3 Å². The molecule has 0 aromatic heterocycles. The Balaban J connectivity index is 1.68. The van der Waals surface area contributed by atoms with Crippen LogP contribution in [0.25, 0.3) is 0 Å². The van der Waals surface area contributed by atoms with Gasteiger partial charge in [0, 0.05) is 16.6 Å². The number of rotatable bonds is 5. The fourth-order valence-electron chi connectivity index (χ4n) is 3.57. The number of carbonyl (C=O) groups excluding carboxylic acids is 3. The number of fused-ring (bicyclic) bond motifs is 1. The summed E-state index contributed by atoms with van der Waals surface area (Å²) in [6, 6.07) is 8.87. The summed E-state index contributed by atoms with van der Waals surface area (Å²) >= 11 is 1.59. The van der Waals surface area contributed by atoms with Crippen LogP contribution in [-0.4, -0.2) is 38.7 Å². The highest BCUT2D eigenvalue weighted by Gasteiger charge is 2.64. The Bertz CT molecular complexity index is 753. The van der Waals surface area contributed by atoms with Crippen molar-refractivity contribution < 1.29 is 19.1 Å². The number of amides is 1. The van der Waals surface area contributed by atoms with E-state index in [1.807, 2.05) is 65.0 Å². The third-order valence-corrected chi connectivity index (χ3v) is 6.87. The molecule has 27 heavy (non-hydrogen) atoms. The highest BCUT2D eigenvalue weighted by atomic mass is 32.2. The lowest BCUT2D eigenvalue weighted by Crippen LogP contribution is -2.63. The summed E-state index contributed by atoms with van der Waals surface area (Å²) in [5.74, 6) is -0.757. The Kier molecular flexibility index (Phi) is 5.14. The molecule has 0 radical (unpaired) electrons. The zero-order valence-electron chi connectivity index (χ0n) is 16.5. The average Bonchev–Trinajstić information content (AvgIpc) is 2.85. The third kappa shape index (κ3) is 3.77. The summed E-state index contributed by atoms with van der Waals surface area (Å²) in [5, 5.41) is -0.131. The smallest absolute Gasteiger partial charge is 0.330 e. The number of hydrogen-bond donors (Lipinski definition) is 0. The van der Waals surface area contributed by atoms with E-state index in [4.69, 9.17) is 4.74 Å². The number of carbonyl (C=O) groups is 3. The van der Waals surface area contributed by atoms with Crippen molar-refractivity contribution in [3.05, 3.63) is 35.9 Å². The van der Waals surface area contributed by atoms with E-state index in [9.17, 15) is 14.4 Å². The lowest BCUT2D eigenvalue weighted by atomic mass is 9.81. The summed E-state index contributed by atoms with van der Waals surface area (Å²) in [7, 11) is 0. The monoisotopic (exact) mass is 389 g/mol. The molecule has 1 amide bonds. The van der Waals surface area contributed by atoms with Crippen LogP contribution in [-0.2, 0) is 25.7 Å². The minimum atomic E-state index is -0.621. The van der Waals surface area contributed by atoms with E-state index in [0.717, 1.165) is 5.56 Å². The number of esters is 1. The van der Waals surface area contributed by atoms with Crippen LogP contribution < -0.4 is 0 Å². The van der Waals surface area contributed by atoms with Crippen LogP contribution in [0.3, 0.4) is 0 Å². The number of thioether (sulfide) groups is 1. The molecule has 0 saturated carbocycles. The van der Waals surface area contributed by atoms with Crippen molar-refractivity contribution in [3.63, 3.8) is 0 Å². The van der Waals surface area contributed by atoms with Gasteiger partial charge in [-0.25, -0.2) is 4.79 Å². The summed E-state index contributed by atoms with van der Waals surface area (Å²) in [4.78, 5) is 39.5. The summed E-state index contributed by atoms with van der Waals surface area (Å²) in [5.41, 5.74) is 0.447. The Labute approximate surface area is 164 Å². The Morgan fingerprint density at radius 2 is 1.81 bits per heavy atom. The first-order valence-corrected chi connectivity index (χ1v) is 10.1. The molecule has 3 rings (SSSR count). The first-order chi connectivity index (χ1) is 12.5. The van der Waals surface area contributed by atoms with Gasteiger partial charge in [0.25, 0.3) is 0 Å². The van der Waals surface area contributed by atoms with Crippen molar-refractivity contribution in [2.75, 3.05) is 0 Å². The molecule has 0 aliphatic carbocycles.